The maximum absolute atomic E-state index is 12.8. The van der Waals surface area contributed by atoms with Crippen LogP contribution in [0.5, 0.6) is 0 Å². The van der Waals surface area contributed by atoms with Crippen LogP contribution in [0.4, 0.5) is 16.3 Å². The summed E-state index contributed by atoms with van der Waals surface area (Å²) in [5.74, 6) is -0.613. The van der Waals surface area contributed by atoms with Gasteiger partial charge >= 0.3 is 17.9 Å². The first-order chi connectivity index (χ1) is 16.4. The third kappa shape index (κ3) is 5.91. The van der Waals surface area contributed by atoms with Gasteiger partial charge in [0.25, 0.3) is 0 Å². The van der Waals surface area contributed by atoms with Gasteiger partial charge in [0, 0.05) is 36.7 Å². The van der Waals surface area contributed by atoms with E-state index in [1.807, 2.05) is 18.7 Å². The highest BCUT2D eigenvalue weighted by molar-refractivity contribution is 6.39. The van der Waals surface area contributed by atoms with E-state index in [0.717, 1.165) is 31.2 Å². The van der Waals surface area contributed by atoms with Crippen molar-refractivity contribution in [2.24, 2.45) is 5.41 Å². The number of piperazine rings is 1. The molecule has 0 aromatic carbocycles. The van der Waals surface area contributed by atoms with Crippen molar-refractivity contribution in [3.63, 3.8) is 0 Å². The second-order valence-electron chi connectivity index (χ2n) is 11.2. The van der Waals surface area contributed by atoms with E-state index in [4.69, 9.17) is 4.74 Å². The summed E-state index contributed by atoms with van der Waals surface area (Å²) in [6.45, 7) is 10.3. The van der Waals surface area contributed by atoms with E-state index in [1.165, 1.54) is 11.1 Å². The van der Waals surface area contributed by atoms with E-state index in [1.54, 1.807) is 26.8 Å². The van der Waals surface area contributed by atoms with Crippen molar-refractivity contribution in [1.82, 2.24) is 14.8 Å². The Kier molecular flexibility index (Phi) is 6.50. The lowest BCUT2D eigenvalue weighted by atomic mass is 10.1. The van der Waals surface area contributed by atoms with E-state index in [-0.39, 0.29) is 23.3 Å². The van der Waals surface area contributed by atoms with Crippen LogP contribution in [-0.4, -0.2) is 69.9 Å². The molecule has 0 radical (unpaired) electrons. The van der Waals surface area contributed by atoms with Crippen LogP contribution < -0.4 is 10.6 Å². The third-order valence-corrected chi connectivity index (χ3v) is 6.70. The second-order valence-corrected chi connectivity index (χ2v) is 11.2. The predicted molar refractivity (Wildman–Crippen MR) is 130 cm³/mol. The molecule has 4 amide bonds. The summed E-state index contributed by atoms with van der Waals surface area (Å²) >= 11 is 0. The zero-order chi connectivity index (χ0) is 25.5. The molecule has 2 aliphatic carbocycles. The number of nitrogens with one attached hydrogen (secondary N) is 2. The molecule has 3 aliphatic rings. The molecule has 1 aromatic rings. The zero-order valence-corrected chi connectivity index (χ0v) is 21.1. The highest BCUT2D eigenvalue weighted by atomic mass is 16.6. The minimum absolute atomic E-state index is 0.139. The van der Waals surface area contributed by atoms with E-state index in [0.29, 0.717) is 31.1 Å². The largest absolute Gasteiger partial charge is 0.444 e. The molecular formula is C25H35N5O5. The molecule has 1 aromatic heterocycles. The molecule has 1 saturated heterocycles. The first-order valence-corrected chi connectivity index (χ1v) is 12.3. The van der Waals surface area contributed by atoms with Crippen molar-refractivity contribution < 1.29 is 23.9 Å². The average Bonchev–Trinajstić information content (AvgIpc) is 3.69. The summed E-state index contributed by atoms with van der Waals surface area (Å²) in [6.07, 6.45) is 4.55. The third-order valence-electron chi connectivity index (χ3n) is 6.70. The predicted octanol–water partition coefficient (Wildman–Crippen LogP) is 3.10. The topological polar surface area (TPSA) is 121 Å². The van der Waals surface area contributed by atoms with Gasteiger partial charge in [-0.3, -0.25) is 19.7 Å². The molecule has 0 spiro atoms. The molecule has 1 unspecified atom stereocenters. The van der Waals surface area contributed by atoms with Crippen LogP contribution in [-0.2, 0) is 19.1 Å². The monoisotopic (exact) mass is 485 g/mol. The van der Waals surface area contributed by atoms with Crippen molar-refractivity contribution >= 4 is 35.3 Å². The number of pyridine rings is 1. The molecule has 2 N–H and O–H groups in total. The fourth-order valence-corrected chi connectivity index (χ4v) is 4.28. The molecule has 10 heteroatoms. The van der Waals surface area contributed by atoms with E-state index < -0.39 is 23.5 Å². The summed E-state index contributed by atoms with van der Waals surface area (Å²) < 4.78 is 5.31. The molecule has 4 rings (SSSR count). The molecular weight excluding hydrogens is 450 g/mol. The Balaban J connectivity index is 1.37. The maximum atomic E-state index is 12.8. The van der Waals surface area contributed by atoms with Crippen molar-refractivity contribution in [3.8, 4) is 0 Å². The number of ether oxygens (including phenoxy) is 1. The van der Waals surface area contributed by atoms with Crippen molar-refractivity contribution in [2.75, 3.05) is 30.3 Å². The van der Waals surface area contributed by atoms with Crippen LogP contribution in [0.25, 0.3) is 0 Å². The highest BCUT2D eigenvalue weighted by Crippen LogP contribution is 2.47. The van der Waals surface area contributed by atoms with Gasteiger partial charge in [-0.05, 0) is 65.4 Å². The van der Waals surface area contributed by atoms with Crippen LogP contribution in [0, 0.1) is 5.41 Å². The Bertz CT molecular complexity index is 1040. The molecule has 35 heavy (non-hydrogen) atoms. The summed E-state index contributed by atoms with van der Waals surface area (Å²) in [5, 5.41) is 5.33. The molecule has 2 heterocycles. The second kappa shape index (κ2) is 9.13. The van der Waals surface area contributed by atoms with Gasteiger partial charge in [-0.2, -0.15) is 0 Å². The summed E-state index contributed by atoms with van der Waals surface area (Å²) in [4.78, 5) is 58.1. The Morgan fingerprint density at radius 1 is 1.11 bits per heavy atom. The first kappa shape index (κ1) is 24.9. The van der Waals surface area contributed by atoms with Crippen LogP contribution in [0.3, 0.4) is 0 Å². The molecule has 190 valence electrons. The SMILES string of the molecule is CC1CN(C(=O)C(=O)Nc2cnc(NC(=O)OC(C)(C)C)c(C3CC3)c2)CCN1C(=O)C1(C)CC1. The molecule has 2 saturated carbocycles. The number of nitrogens with zero attached hydrogens (tertiary/aromatic N) is 3. The minimum atomic E-state index is -0.748. The Morgan fingerprint density at radius 3 is 2.37 bits per heavy atom. The Labute approximate surface area is 205 Å². The van der Waals surface area contributed by atoms with Gasteiger partial charge in [-0.25, -0.2) is 9.78 Å². The van der Waals surface area contributed by atoms with Crippen LogP contribution in [0.15, 0.2) is 12.3 Å². The Morgan fingerprint density at radius 2 is 1.80 bits per heavy atom. The van der Waals surface area contributed by atoms with E-state index in [2.05, 4.69) is 15.6 Å². The van der Waals surface area contributed by atoms with E-state index in [9.17, 15) is 19.2 Å². The van der Waals surface area contributed by atoms with Gasteiger partial charge in [0.05, 0.1) is 11.9 Å². The Hall–Kier alpha value is -3.17. The lowest BCUT2D eigenvalue weighted by Gasteiger charge is -2.40. The number of aromatic nitrogens is 1. The lowest BCUT2D eigenvalue weighted by molar-refractivity contribution is -0.149. The number of amides is 4. The number of rotatable bonds is 4. The van der Waals surface area contributed by atoms with Crippen molar-refractivity contribution in [1.29, 1.82) is 0 Å². The average molecular weight is 486 g/mol. The maximum Gasteiger partial charge on any atom is 0.413 e. The van der Waals surface area contributed by atoms with Gasteiger partial charge in [-0.15, -0.1) is 0 Å². The van der Waals surface area contributed by atoms with Crippen molar-refractivity contribution in [2.45, 2.75) is 77.9 Å². The van der Waals surface area contributed by atoms with E-state index >= 15 is 0 Å². The number of carbonyl (C=O) groups is 4. The standard InChI is InChI=1S/C25H35N5O5/c1-15-14-29(10-11-30(15)22(33)25(5)8-9-25)21(32)20(31)27-17-12-18(16-6-7-16)19(26-13-17)28-23(34)35-24(2,3)4/h12-13,15-16H,6-11,14H2,1-5H3,(H,27,31)(H,26,28,34). The molecule has 10 nitrogen and oxygen atoms in total. The zero-order valence-electron chi connectivity index (χ0n) is 21.1. The van der Waals surface area contributed by atoms with Gasteiger partial charge in [0.2, 0.25) is 5.91 Å². The summed E-state index contributed by atoms with van der Waals surface area (Å²) in [6, 6.07) is 1.60. The fourth-order valence-electron chi connectivity index (χ4n) is 4.28. The lowest BCUT2D eigenvalue weighted by Crippen LogP contribution is -2.58. The van der Waals surface area contributed by atoms with Gasteiger partial charge in [0.15, 0.2) is 0 Å². The quantitative estimate of drug-likeness (QED) is 0.632. The van der Waals surface area contributed by atoms with Gasteiger partial charge < -0.3 is 19.9 Å². The number of hydrogen-bond donors (Lipinski definition) is 2. The summed E-state index contributed by atoms with van der Waals surface area (Å²) in [5.41, 5.74) is 0.303. The van der Waals surface area contributed by atoms with Crippen LogP contribution in [0.1, 0.15) is 71.8 Å². The van der Waals surface area contributed by atoms with Crippen LogP contribution >= 0.6 is 0 Å². The summed E-state index contributed by atoms with van der Waals surface area (Å²) in [7, 11) is 0. The minimum Gasteiger partial charge on any atom is -0.444 e. The van der Waals surface area contributed by atoms with Crippen LogP contribution in [0.2, 0.25) is 0 Å². The number of carbonyl (C=O) groups excluding carboxylic acids is 4. The molecule has 3 fully saturated rings. The van der Waals surface area contributed by atoms with Gasteiger partial charge in [0.1, 0.15) is 11.4 Å². The molecule has 1 atom stereocenters. The molecule has 0 bridgehead atoms. The number of hydrogen-bond acceptors (Lipinski definition) is 6. The first-order valence-electron chi connectivity index (χ1n) is 12.3. The normalized spacial score (nSPS) is 21.2. The highest BCUT2D eigenvalue weighted by Gasteiger charge is 2.49. The van der Waals surface area contributed by atoms with Crippen molar-refractivity contribution in [3.05, 3.63) is 17.8 Å². The van der Waals surface area contributed by atoms with Gasteiger partial charge in [-0.1, -0.05) is 6.92 Å². The molecule has 1 aliphatic heterocycles. The fraction of sp³-hybridized carbons (Fsp3) is 0.640. The smallest absolute Gasteiger partial charge is 0.413 e. The number of anilines is 2.